The van der Waals surface area contributed by atoms with E-state index in [1.54, 1.807) is 7.11 Å². The minimum atomic E-state index is -0.772. The lowest BCUT2D eigenvalue weighted by molar-refractivity contribution is -0.134. The van der Waals surface area contributed by atoms with E-state index in [0.717, 1.165) is 11.3 Å². The second kappa shape index (κ2) is 6.01. The highest BCUT2D eigenvalue weighted by Crippen LogP contribution is 2.24. The summed E-state index contributed by atoms with van der Waals surface area (Å²) in [5, 5.41) is 6.36. The van der Waals surface area contributed by atoms with Gasteiger partial charge in [-0.05, 0) is 17.7 Å². The number of ether oxygens (including phenoxy) is 3. The van der Waals surface area contributed by atoms with Gasteiger partial charge in [-0.2, -0.15) is 0 Å². The van der Waals surface area contributed by atoms with Crippen LogP contribution in [-0.4, -0.2) is 51.5 Å². The zero-order valence-corrected chi connectivity index (χ0v) is 12.1. The van der Waals surface area contributed by atoms with E-state index in [1.807, 2.05) is 24.3 Å². The Bertz CT molecular complexity index is 512. The number of carbonyl (C=O) groups excluding carboxylic acids is 1. The molecule has 1 amide bonds. The number of methoxy groups -OCH3 is 1. The molecule has 0 radical (unpaired) electrons. The summed E-state index contributed by atoms with van der Waals surface area (Å²) < 4.78 is 16.2. The summed E-state index contributed by atoms with van der Waals surface area (Å²) in [6.45, 7) is 2.35. The molecule has 2 aliphatic heterocycles. The Morgan fingerprint density at radius 1 is 1.29 bits per heavy atom. The molecule has 2 saturated heterocycles. The van der Waals surface area contributed by atoms with Crippen molar-refractivity contribution in [2.24, 2.45) is 0 Å². The molecular formula is C15H20N2O4. The molecule has 0 bridgehead atoms. The van der Waals surface area contributed by atoms with Crippen molar-refractivity contribution >= 4 is 5.91 Å². The van der Waals surface area contributed by atoms with Gasteiger partial charge in [0.1, 0.15) is 11.3 Å². The fourth-order valence-electron chi connectivity index (χ4n) is 2.67. The molecule has 2 fully saturated rings. The first-order valence-electron chi connectivity index (χ1n) is 7.09. The standard InChI is InChI=1S/C15H20N2O4/c1-19-12-4-2-3-11(7-12)13-8-16-15(14(18)17-13)9-20-5-6-21-10-15/h2-4,7,13,16H,5-6,8-10H2,1H3,(H,17,18). The predicted molar refractivity (Wildman–Crippen MR) is 76.2 cm³/mol. The van der Waals surface area contributed by atoms with E-state index >= 15 is 0 Å². The summed E-state index contributed by atoms with van der Waals surface area (Å²) in [5.74, 6) is 0.701. The van der Waals surface area contributed by atoms with Crippen molar-refractivity contribution in [1.82, 2.24) is 10.6 Å². The number of benzene rings is 1. The van der Waals surface area contributed by atoms with Crippen molar-refractivity contribution < 1.29 is 19.0 Å². The van der Waals surface area contributed by atoms with Gasteiger partial charge in [-0.1, -0.05) is 12.1 Å². The van der Waals surface area contributed by atoms with Crippen LogP contribution in [0.3, 0.4) is 0 Å². The summed E-state index contributed by atoms with van der Waals surface area (Å²) in [5.41, 5.74) is 0.242. The Kier molecular flexibility index (Phi) is 4.10. The quantitative estimate of drug-likeness (QED) is 0.817. The third-order valence-corrected chi connectivity index (χ3v) is 3.95. The van der Waals surface area contributed by atoms with Gasteiger partial charge in [0.05, 0.1) is 39.6 Å². The molecule has 6 heteroatoms. The molecule has 114 valence electrons. The number of rotatable bonds is 2. The van der Waals surface area contributed by atoms with Gasteiger partial charge in [0.25, 0.3) is 0 Å². The van der Waals surface area contributed by atoms with E-state index in [-0.39, 0.29) is 11.9 Å². The molecule has 0 saturated carbocycles. The average Bonchev–Trinajstić information content (AvgIpc) is 2.77. The van der Waals surface area contributed by atoms with Crippen molar-refractivity contribution in [1.29, 1.82) is 0 Å². The van der Waals surface area contributed by atoms with Crippen LogP contribution in [0.1, 0.15) is 11.6 Å². The molecule has 2 N–H and O–H groups in total. The van der Waals surface area contributed by atoms with Crippen molar-refractivity contribution in [3.63, 3.8) is 0 Å². The zero-order chi connectivity index (χ0) is 14.7. The van der Waals surface area contributed by atoms with Gasteiger partial charge in [0.2, 0.25) is 5.91 Å². The van der Waals surface area contributed by atoms with Gasteiger partial charge in [0, 0.05) is 6.54 Å². The molecule has 0 aromatic heterocycles. The number of piperazine rings is 1. The van der Waals surface area contributed by atoms with Crippen LogP contribution in [-0.2, 0) is 14.3 Å². The van der Waals surface area contributed by atoms with Crippen molar-refractivity contribution in [3.05, 3.63) is 29.8 Å². The van der Waals surface area contributed by atoms with E-state index in [0.29, 0.717) is 33.0 Å². The summed E-state index contributed by atoms with van der Waals surface area (Å²) >= 11 is 0. The van der Waals surface area contributed by atoms with Crippen LogP contribution in [0, 0.1) is 0 Å². The second-order valence-electron chi connectivity index (χ2n) is 5.37. The van der Waals surface area contributed by atoms with Crippen LogP contribution >= 0.6 is 0 Å². The lowest BCUT2D eigenvalue weighted by atomic mass is 9.94. The average molecular weight is 292 g/mol. The lowest BCUT2D eigenvalue weighted by Gasteiger charge is -2.39. The molecule has 1 unspecified atom stereocenters. The van der Waals surface area contributed by atoms with E-state index in [9.17, 15) is 4.79 Å². The molecule has 1 aromatic rings. The first-order valence-corrected chi connectivity index (χ1v) is 7.09. The fourth-order valence-corrected chi connectivity index (χ4v) is 2.67. The molecule has 2 heterocycles. The van der Waals surface area contributed by atoms with Crippen LogP contribution in [0.15, 0.2) is 24.3 Å². The van der Waals surface area contributed by atoms with E-state index in [1.165, 1.54) is 0 Å². The fraction of sp³-hybridized carbons (Fsp3) is 0.533. The summed E-state index contributed by atoms with van der Waals surface area (Å²) in [7, 11) is 1.63. The van der Waals surface area contributed by atoms with Gasteiger partial charge in [-0.15, -0.1) is 0 Å². The van der Waals surface area contributed by atoms with Crippen LogP contribution < -0.4 is 15.4 Å². The molecule has 1 atom stereocenters. The Labute approximate surface area is 123 Å². The van der Waals surface area contributed by atoms with Crippen LogP contribution in [0.25, 0.3) is 0 Å². The topological polar surface area (TPSA) is 68.8 Å². The largest absolute Gasteiger partial charge is 0.497 e. The van der Waals surface area contributed by atoms with E-state index < -0.39 is 5.54 Å². The molecular weight excluding hydrogens is 272 g/mol. The molecule has 0 aliphatic carbocycles. The third kappa shape index (κ3) is 2.88. The number of carbonyl (C=O) groups is 1. The highest BCUT2D eigenvalue weighted by molar-refractivity contribution is 5.88. The molecule has 21 heavy (non-hydrogen) atoms. The summed E-state index contributed by atoms with van der Waals surface area (Å²) in [4.78, 5) is 12.5. The van der Waals surface area contributed by atoms with Crippen molar-refractivity contribution in [3.8, 4) is 5.75 Å². The second-order valence-corrected chi connectivity index (χ2v) is 5.37. The Balaban J connectivity index is 1.74. The normalized spacial score (nSPS) is 25.2. The number of amides is 1. The molecule has 1 spiro atoms. The first kappa shape index (κ1) is 14.3. The van der Waals surface area contributed by atoms with Gasteiger partial charge in [-0.25, -0.2) is 0 Å². The minimum absolute atomic E-state index is 0.0801. The lowest BCUT2D eigenvalue weighted by Crippen LogP contribution is -2.68. The Morgan fingerprint density at radius 3 is 2.71 bits per heavy atom. The third-order valence-electron chi connectivity index (χ3n) is 3.95. The molecule has 6 nitrogen and oxygen atoms in total. The Morgan fingerprint density at radius 2 is 2.05 bits per heavy atom. The number of hydrogen-bond acceptors (Lipinski definition) is 5. The summed E-state index contributed by atoms with van der Waals surface area (Å²) in [6, 6.07) is 7.64. The monoisotopic (exact) mass is 292 g/mol. The van der Waals surface area contributed by atoms with E-state index in [4.69, 9.17) is 14.2 Å². The first-order chi connectivity index (χ1) is 10.2. The maximum atomic E-state index is 12.5. The van der Waals surface area contributed by atoms with Gasteiger partial charge in [-0.3, -0.25) is 10.1 Å². The Hall–Kier alpha value is -1.63. The van der Waals surface area contributed by atoms with Gasteiger partial charge < -0.3 is 19.5 Å². The SMILES string of the molecule is COc1cccc(C2CNC3(COCCOC3)C(=O)N2)c1. The van der Waals surface area contributed by atoms with Gasteiger partial charge in [0.15, 0.2) is 0 Å². The molecule has 3 rings (SSSR count). The highest BCUT2D eigenvalue weighted by Gasteiger charge is 2.44. The predicted octanol–water partition coefficient (Wildman–Crippen LogP) is 0.241. The van der Waals surface area contributed by atoms with E-state index in [2.05, 4.69) is 10.6 Å². The number of nitrogens with one attached hydrogen (secondary N) is 2. The van der Waals surface area contributed by atoms with Gasteiger partial charge >= 0.3 is 0 Å². The molecule has 2 aliphatic rings. The maximum absolute atomic E-state index is 12.5. The van der Waals surface area contributed by atoms with Crippen LogP contribution in [0.5, 0.6) is 5.75 Å². The van der Waals surface area contributed by atoms with Crippen LogP contribution in [0.2, 0.25) is 0 Å². The molecule has 1 aromatic carbocycles. The zero-order valence-electron chi connectivity index (χ0n) is 12.1. The summed E-state index contributed by atoms with van der Waals surface area (Å²) in [6.07, 6.45) is 0. The highest BCUT2D eigenvalue weighted by atomic mass is 16.5. The maximum Gasteiger partial charge on any atom is 0.245 e. The van der Waals surface area contributed by atoms with Crippen molar-refractivity contribution in [2.45, 2.75) is 11.6 Å². The number of hydrogen-bond donors (Lipinski definition) is 2. The van der Waals surface area contributed by atoms with Crippen molar-refractivity contribution in [2.75, 3.05) is 40.1 Å². The smallest absolute Gasteiger partial charge is 0.245 e. The van der Waals surface area contributed by atoms with Crippen LogP contribution in [0.4, 0.5) is 0 Å². The minimum Gasteiger partial charge on any atom is -0.497 e.